The van der Waals surface area contributed by atoms with Gasteiger partial charge in [0.15, 0.2) is 0 Å². The second kappa shape index (κ2) is 6.43. The smallest absolute Gasteiger partial charge is 0.226 e. The normalized spacial score (nSPS) is 23.6. The Morgan fingerprint density at radius 3 is 2.95 bits per heavy atom. The molecule has 0 saturated carbocycles. The van der Waals surface area contributed by atoms with E-state index in [2.05, 4.69) is 29.4 Å². The van der Waals surface area contributed by atoms with Crippen molar-refractivity contribution >= 4 is 17.2 Å². The van der Waals surface area contributed by atoms with Gasteiger partial charge in [-0.3, -0.25) is 4.79 Å². The highest BCUT2D eigenvalue weighted by molar-refractivity contribution is 7.11. The lowest BCUT2D eigenvalue weighted by Gasteiger charge is -2.27. The Bertz CT molecular complexity index is 433. The van der Waals surface area contributed by atoms with Crippen molar-refractivity contribution in [3.8, 4) is 0 Å². The molecule has 2 unspecified atom stereocenters. The fraction of sp³-hybridized carbons (Fsp3) is 0.769. The van der Waals surface area contributed by atoms with Crippen LogP contribution in [0.15, 0.2) is 0 Å². The molecule has 1 aliphatic heterocycles. The summed E-state index contributed by atoms with van der Waals surface area (Å²) in [6.07, 6.45) is 1.87. The van der Waals surface area contributed by atoms with Gasteiger partial charge in [-0.05, 0) is 19.8 Å². The number of hydrogen-bond acceptors (Lipinski definition) is 5. The highest BCUT2D eigenvalue weighted by Gasteiger charge is 2.28. The minimum absolute atomic E-state index is 0.00870. The van der Waals surface area contributed by atoms with E-state index in [1.54, 1.807) is 11.3 Å². The maximum absolute atomic E-state index is 12.1. The molecule has 1 N–H and O–H groups in total. The summed E-state index contributed by atoms with van der Waals surface area (Å²) in [5.74, 6) is 0.411. The van der Waals surface area contributed by atoms with Gasteiger partial charge in [-0.2, -0.15) is 0 Å². The standard InChI is InChI=1S/C13H21N3O2S/c1-8(2)13-16-15-11(19-13)7-14-12(17)10-5-4-6-18-9(10)3/h8-10H,4-7H2,1-3H3,(H,14,17). The van der Waals surface area contributed by atoms with Crippen LogP contribution < -0.4 is 5.32 Å². The lowest BCUT2D eigenvalue weighted by atomic mass is 9.94. The molecule has 1 saturated heterocycles. The van der Waals surface area contributed by atoms with Gasteiger partial charge in [0.2, 0.25) is 5.91 Å². The summed E-state index contributed by atoms with van der Waals surface area (Å²) in [6.45, 7) is 7.37. The Morgan fingerprint density at radius 2 is 2.32 bits per heavy atom. The van der Waals surface area contributed by atoms with E-state index >= 15 is 0 Å². The zero-order valence-corrected chi connectivity index (χ0v) is 12.5. The molecule has 1 aromatic rings. The number of amides is 1. The average Bonchev–Trinajstić information content (AvgIpc) is 2.85. The Morgan fingerprint density at radius 1 is 1.53 bits per heavy atom. The first-order valence-electron chi connectivity index (χ1n) is 6.79. The monoisotopic (exact) mass is 283 g/mol. The second-order valence-corrected chi connectivity index (χ2v) is 6.32. The van der Waals surface area contributed by atoms with Gasteiger partial charge in [-0.25, -0.2) is 0 Å². The molecule has 0 spiro atoms. The van der Waals surface area contributed by atoms with Gasteiger partial charge < -0.3 is 10.1 Å². The predicted molar refractivity (Wildman–Crippen MR) is 74.0 cm³/mol. The van der Waals surface area contributed by atoms with E-state index in [0.29, 0.717) is 12.5 Å². The Hall–Kier alpha value is -1.01. The molecule has 1 aromatic heterocycles. The van der Waals surface area contributed by atoms with E-state index < -0.39 is 0 Å². The van der Waals surface area contributed by atoms with Crippen LogP contribution in [0.3, 0.4) is 0 Å². The molecule has 106 valence electrons. The van der Waals surface area contributed by atoms with Gasteiger partial charge in [-0.1, -0.05) is 25.2 Å². The molecule has 2 rings (SSSR count). The van der Waals surface area contributed by atoms with E-state index in [-0.39, 0.29) is 17.9 Å². The summed E-state index contributed by atoms with van der Waals surface area (Å²) in [5.41, 5.74) is 0. The van der Waals surface area contributed by atoms with Crippen LogP contribution in [0.5, 0.6) is 0 Å². The van der Waals surface area contributed by atoms with Gasteiger partial charge in [0, 0.05) is 12.5 Å². The number of hydrogen-bond donors (Lipinski definition) is 1. The first-order valence-corrected chi connectivity index (χ1v) is 7.61. The van der Waals surface area contributed by atoms with Gasteiger partial charge in [0.1, 0.15) is 10.0 Å². The van der Waals surface area contributed by atoms with Crippen LogP contribution in [0, 0.1) is 5.92 Å². The molecule has 5 nitrogen and oxygen atoms in total. The fourth-order valence-corrected chi connectivity index (χ4v) is 2.92. The maximum atomic E-state index is 12.1. The minimum Gasteiger partial charge on any atom is -0.378 e. The third kappa shape index (κ3) is 3.73. The molecular weight excluding hydrogens is 262 g/mol. The molecule has 19 heavy (non-hydrogen) atoms. The topological polar surface area (TPSA) is 64.1 Å². The Labute approximate surface area is 117 Å². The summed E-state index contributed by atoms with van der Waals surface area (Å²) in [6, 6.07) is 0. The highest BCUT2D eigenvalue weighted by atomic mass is 32.1. The largest absolute Gasteiger partial charge is 0.378 e. The van der Waals surface area contributed by atoms with E-state index in [0.717, 1.165) is 29.5 Å². The van der Waals surface area contributed by atoms with Crippen molar-refractivity contribution in [2.24, 2.45) is 5.92 Å². The number of nitrogens with one attached hydrogen (secondary N) is 1. The molecule has 0 bridgehead atoms. The lowest BCUT2D eigenvalue weighted by molar-refractivity contribution is -0.133. The first-order chi connectivity index (χ1) is 9.08. The minimum atomic E-state index is -0.0359. The van der Waals surface area contributed by atoms with Crippen molar-refractivity contribution < 1.29 is 9.53 Å². The lowest BCUT2D eigenvalue weighted by Crippen LogP contribution is -2.39. The van der Waals surface area contributed by atoms with Crippen molar-refractivity contribution in [2.75, 3.05) is 6.61 Å². The van der Waals surface area contributed by atoms with Crippen molar-refractivity contribution in [1.29, 1.82) is 0 Å². The van der Waals surface area contributed by atoms with E-state index in [4.69, 9.17) is 4.74 Å². The quantitative estimate of drug-likeness (QED) is 0.919. The molecule has 1 aliphatic rings. The van der Waals surface area contributed by atoms with Gasteiger partial charge in [0.25, 0.3) is 0 Å². The number of aromatic nitrogens is 2. The van der Waals surface area contributed by atoms with Crippen LogP contribution in [-0.4, -0.2) is 28.8 Å². The third-order valence-corrected chi connectivity index (χ3v) is 4.56. The fourth-order valence-electron chi connectivity index (χ4n) is 2.13. The van der Waals surface area contributed by atoms with E-state index in [1.807, 2.05) is 6.92 Å². The van der Waals surface area contributed by atoms with Crippen LogP contribution in [0.4, 0.5) is 0 Å². The van der Waals surface area contributed by atoms with Crippen molar-refractivity contribution in [3.63, 3.8) is 0 Å². The zero-order chi connectivity index (χ0) is 13.8. The van der Waals surface area contributed by atoms with Crippen molar-refractivity contribution in [2.45, 2.75) is 52.2 Å². The summed E-state index contributed by atoms with van der Waals surface area (Å²) in [5, 5.41) is 13.0. The van der Waals surface area contributed by atoms with Gasteiger partial charge in [-0.15, -0.1) is 10.2 Å². The number of carbonyl (C=O) groups is 1. The number of rotatable bonds is 4. The van der Waals surface area contributed by atoms with Crippen LogP contribution in [0.1, 0.15) is 49.5 Å². The molecular formula is C13H21N3O2S. The van der Waals surface area contributed by atoms with Crippen LogP contribution in [-0.2, 0) is 16.1 Å². The zero-order valence-electron chi connectivity index (χ0n) is 11.7. The molecule has 6 heteroatoms. The Kier molecular flexibility index (Phi) is 4.87. The number of nitrogens with zero attached hydrogens (tertiary/aromatic N) is 2. The molecule has 1 fully saturated rings. The number of carbonyl (C=O) groups excluding carboxylic acids is 1. The summed E-state index contributed by atoms with van der Waals surface area (Å²) >= 11 is 1.56. The molecule has 1 amide bonds. The average molecular weight is 283 g/mol. The molecule has 0 aromatic carbocycles. The van der Waals surface area contributed by atoms with Crippen LogP contribution >= 0.6 is 11.3 Å². The molecule has 0 aliphatic carbocycles. The SMILES string of the molecule is CC(C)c1nnc(CNC(=O)C2CCCOC2C)s1. The van der Waals surface area contributed by atoms with E-state index in [1.165, 1.54) is 0 Å². The first kappa shape index (κ1) is 14.4. The van der Waals surface area contributed by atoms with Crippen molar-refractivity contribution in [1.82, 2.24) is 15.5 Å². The summed E-state index contributed by atoms with van der Waals surface area (Å²) < 4.78 is 5.51. The molecule has 2 atom stereocenters. The third-order valence-electron chi connectivity index (χ3n) is 3.33. The van der Waals surface area contributed by atoms with Gasteiger partial charge in [0.05, 0.1) is 18.6 Å². The van der Waals surface area contributed by atoms with Crippen LogP contribution in [0.25, 0.3) is 0 Å². The van der Waals surface area contributed by atoms with Gasteiger partial charge >= 0.3 is 0 Å². The Balaban J connectivity index is 1.85. The molecule has 2 heterocycles. The summed E-state index contributed by atoms with van der Waals surface area (Å²) in [7, 11) is 0. The maximum Gasteiger partial charge on any atom is 0.226 e. The molecule has 0 radical (unpaired) electrons. The summed E-state index contributed by atoms with van der Waals surface area (Å²) in [4.78, 5) is 12.1. The van der Waals surface area contributed by atoms with E-state index in [9.17, 15) is 4.79 Å². The highest BCUT2D eigenvalue weighted by Crippen LogP contribution is 2.21. The van der Waals surface area contributed by atoms with Crippen molar-refractivity contribution in [3.05, 3.63) is 10.0 Å². The predicted octanol–water partition coefficient (Wildman–Crippen LogP) is 2.09. The number of ether oxygens (including phenoxy) is 1. The second-order valence-electron chi connectivity index (χ2n) is 5.23. The van der Waals surface area contributed by atoms with Crippen LogP contribution in [0.2, 0.25) is 0 Å².